The molecule has 1 heterocycles. The van der Waals surface area contributed by atoms with Gasteiger partial charge in [0.2, 0.25) is 15.9 Å². The molecule has 0 spiro atoms. The Hall–Kier alpha value is -2.45. The van der Waals surface area contributed by atoms with Crippen molar-refractivity contribution in [2.75, 3.05) is 33.3 Å². The van der Waals surface area contributed by atoms with Crippen LogP contribution in [-0.4, -0.2) is 56.8 Å². The fourth-order valence-electron chi connectivity index (χ4n) is 3.48. The summed E-state index contributed by atoms with van der Waals surface area (Å²) in [5, 5.41) is 0. The molecular formula is C23H29FN2O4S. The number of amides is 1. The van der Waals surface area contributed by atoms with Gasteiger partial charge in [0.15, 0.2) is 0 Å². The van der Waals surface area contributed by atoms with Crippen molar-refractivity contribution in [1.82, 2.24) is 9.21 Å². The van der Waals surface area contributed by atoms with Crippen molar-refractivity contribution in [2.45, 2.75) is 37.0 Å². The molecule has 1 fully saturated rings. The lowest BCUT2D eigenvalue weighted by Crippen LogP contribution is -2.35. The molecule has 0 atom stereocenters. The van der Waals surface area contributed by atoms with Crippen LogP contribution < -0.4 is 4.74 Å². The first kappa shape index (κ1) is 23.2. The molecule has 0 saturated carbocycles. The Morgan fingerprint density at radius 3 is 2.32 bits per heavy atom. The lowest BCUT2D eigenvalue weighted by atomic mass is 10.1. The molecule has 8 heteroatoms. The molecule has 0 radical (unpaired) electrons. The number of hydrogen-bond donors (Lipinski definition) is 0. The summed E-state index contributed by atoms with van der Waals surface area (Å²) in [6, 6.07) is 12.6. The fourth-order valence-corrected chi connectivity index (χ4v) is 5.00. The topological polar surface area (TPSA) is 66.9 Å². The number of halogens is 1. The van der Waals surface area contributed by atoms with Crippen LogP contribution in [0.15, 0.2) is 53.4 Å². The third-order valence-corrected chi connectivity index (χ3v) is 7.35. The molecule has 1 saturated heterocycles. The molecule has 1 aliphatic heterocycles. The third kappa shape index (κ3) is 6.51. The van der Waals surface area contributed by atoms with Crippen molar-refractivity contribution in [2.24, 2.45) is 0 Å². The highest BCUT2D eigenvalue weighted by Crippen LogP contribution is 2.21. The van der Waals surface area contributed by atoms with Crippen LogP contribution in [-0.2, 0) is 21.2 Å². The van der Waals surface area contributed by atoms with Crippen LogP contribution in [0.4, 0.5) is 4.39 Å². The number of carbonyl (C=O) groups excluding carboxylic acids is 1. The van der Waals surface area contributed by atoms with Gasteiger partial charge in [0.1, 0.15) is 18.2 Å². The summed E-state index contributed by atoms with van der Waals surface area (Å²) in [4.78, 5) is 14.3. The third-order valence-electron chi connectivity index (χ3n) is 5.44. The maximum absolute atomic E-state index is 12.9. The summed E-state index contributed by atoms with van der Waals surface area (Å²) in [6.45, 7) is 1.89. The van der Waals surface area contributed by atoms with Crippen molar-refractivity contribution in [3.63, 3.8) is 0 Å². The Bertz CT molecular complexity index is 956. The van der Waals surface area contributed by atoms with Gasteiger partial charge in [-0.1, -0.05) is 18.6 Å². The van der Waals surface area contributed by atoms with Gasteiger partial charge in [0, 0.05) is 26.6 Å². The molecule has 1 amide bonds. The smallest absolute Gasteiger partial charge is 0.243 e. The Balaban J connectivity index is 1.44. The molecule has 31 heavy (non-hydrogen) atoms. The molecule has 0 aliphatic carbocycles. The average Bonchev–Trinajstić information content (AvgIpc) is 2.79. The SMILES string of the molecule is CN(CCOc1ccc(F)cc1)C(=O)CCc1ccc(S(=O)(=O)N2CCCCC2)cc1. The van der Waals surface area contributed by atoms with Gasteiger partial charge in [-0.2, -0.15) is 4.31 Å². The zero-order valence-electron chi connectivity index (χ0n) is 17.8. The van der Waals surface area contributed by atoms with E-state index in [0.717, 1.165) is 24.8 Å². The van der Waals surface area contributed by atoms with Gasteiger partial charge in [-0.05, 0) is 61.2 Å². The van der Waals surface area contributed by atoms with E-state index < -0.39 is 10.0 Å². The van der Waals surface area contributed by atoms with E-state index in [0.29, 0.717) is 49.7 Å². The second-order valence-corrected chi connectivity index (χ2v) is 9.66. The first-order valence-corrected chi connectivity index (χ1v) is 12.0. The monoisotopic (exact) mass is 448 g/mol. The van der Waals surface area contributed by atoms with Crippen LogP contribution in [0.3, 0.4) is 0 Å². The zero-order chi connectivity index (χ0) is 22.3. The number of aryl methyl sites for hydroxylation is 1. The molecular weight excluding hydrogens is 419 g/mol. The molecule has 2 aromatic rings. The summed E-state index contributed by atoms with van der Waals surface area (Å²) < 4.78 is 45.4. The molecule has 0 bridgehead atoms. The molecule has 3 rings (SSSR count). The number of ether oxygens (including phenoxy) is 1. The van der Waals surface area contributed by atoms with Crippen molar-refractivity contribution in [3.05, 3.63) is 59.9 Å². The second-order valence-electron chi connectivity index (χ2n) is 7.73. The Morgan fingerprint density at radius 2 is 1.68 bits per heavy atom. The second kappa shape index (κ2) is 10.7. The lowest BCUT2D eigenvalue weighted by Gasteiger charge is -2.25. The normalized spacial score (nSPS) is 14.9. The molecule has 0 N–H and O–H groups in total. The average molecular weight is 449 g/mol. The number of sulfonamides is 1. The Labute approximate surface area is 183 Å². The van der Waals surface area contributed by atoms with Crippen LogP contribution in [0.5, 0.6) is 5.75 Å². The van der Waals surface area contributed by atoms with Crippen LogP contribution in [0, 0.1) is 5.82 Å². The van der Waals surface area contributed by atoms with Crippen molar-refractivity contribution in [3.8, 4) is 5.75 Å². The quantitative estimate of drug-likeness (QED) is 0.589. The van der Waals surface area contributed by atoms with Gasteiger partial charge in [-0.15, -0.1) is 0 Å². The highest BCUT2D eigenvalue weighted by Gasteiger charge is 2.25. The van der Waals surface area contributed by atoms with E-state index in [1.165, 1.54) is 12.1 Å². The zero-order valence-corrected chi connectivity index (χ0v) is 18.6. The predicted octanol–water partition coefficient (Wildman–Crippen LogP) is 3.47. The highest BCUT2D eigenvalue weighted by atomic mass is 32.2. The van der Waals surface area contributed by atoms with Gasteiger partial charge in [-0.3, -0.25) is 4.79 Å². The summed E-state index contributed by atoms with van der Waals surface area (Å²) in [7, 11) is -1.72. The van der Waals surface area contributed by atoms with Gasteiger partial charge < -0.3 is 9.64 Å². The Morgan fingerprint density at radius 1 is 1.03 bits per heavy atom. The van der Waals surface area contributed by atoms with Gasteiger partial charge in [0.25, 0.3) is 0 Å². The minimum absolute atomic E-state index is 0.0206. The molecule has 6 nitrogen and oxygen atoms in total. The summed E-state index contributed by atoms with van der Waals surface area (Å²) in [5.74, 6) is 0.214. The van der Waals surface area contributed by atoms with E-state index in [1.807, 2.05) is 0 Å². The number of carbonyl (C=O) groups is 1. The van der Waals surface area contributed by atoms with E-state index in [4.69, 9.17) is 4.74 Å². The van der Waals surface area contributed by atoms with Crippen LogP contribution in [0.2, 0.25) is 0 Å². The first-order chi connectivity index (χ1) is 14.9. The highest BCUT2D eigenvalue weighted by molar-refractivity contribution is 7.89. The maximum atomic E-state index is 12.9. The van der Waals surface area contributed by atoms with Crippen molar-refractivity contribution in [1.29, 1.82) is 0 Å². The number of rotatable bonds is 9. The Kier molecular flexibility index (Phi) is 8.03. The van der Waals surface area contributed by atoms with E-state index in [2.05, 4.69) is 0 Å². The van der Waals surface area contributed by atoms with Gasteiger partial charge in [-0.25, -0.2) is 12.8 Å². The fraction of sp³-hybridized carbons (Fsp3) is 0.435. The van der Waals surface area contributed by atoms with Crippen molar-refractivity contribution < 1.29 is 22.3 Å². The largest absolute Gasteiger partial charge is 0.492 e. The summed E-state index contributed by atoms with van der Waals surface area (Å²) in [6.07, 6.45) is 3.74. The molecule has 1 aliphatic rings. The maximum Gasteiger partial charge on any atom is 0.243 e. The predicted molar refractivity (Wildman–Crippen MR) is 117 cm³/mol. The van der Waals surface area contributed by atoms with Gasteiger partial charge in [0.05, 0.1) is 11.4 Å². The number of piperidine rings is 1. The molecule has 168 valence electrons. The van der Waals surface area contributed by atoms with E-state index in [9.17, 15) is 17.6 Å². The van der Waals surface area contributed by atoms with E-state index in [1.54, 1.807) is 52.7 Å². The van der Waals surface area contributed by atoms with Crippen molar-refractivity contribution >= 4 is 15.9 Å². The number of hydrogen-bond acceptors (Lipinski definition) is 4. The number of likely N-dealkylation sites (N-methyl/N-ethyl adjacent to an activating group) is 1. The minimum Gasteiger partial charge on any atom is -0.492 e. The van der Waals surface area contributed by atoms with Crippen LogP contribution >= 0.6 is 0 Å². The first-order valence-electron chi connectivity index (χ1n) is 10.6. The minimum atomic E-state index is -3.44. The number of nitrogens with zero attached hydrogens (tertiary/aromatic N) is 2. The van der Waals surface area contributed by atoms with E-state index >= 15 is 0 Å². The standard InChI is InChI=1S/C23H29FN2O4S/c1-25(17-18-30-21-10-8-20(24)9-11-21)23(27)14-7-19-5-12-22(13-6-19)31(28,29)26-15-3-2-4-16-26/h5-6,8-13H,2-4,7,14-18H2,1H3. The van der Waals surface area contributed by atoms with E-state index in [-0.39, 0.29) is 11.7 Å². The van der Waals surface area contributed by atoms with Crippen LogP contribution in [0.1, 0.15) is 31.2 Å². The van der Waals surface area contributed by atoms with Gasteiger partial charge >= 0.3 is 0 Å². The number of benzene rings is 2. The van der Waals surface area contributed by atoms with Crippen LogP contribution in [0.25, 0.3) is 0 Å². The molecule has 2 aromatic carbocycles. The summed E-state index contributed by atoms with van der Waals surface area (Å²) in [5.41, 5.74) is 0.918. The lowest BCUT2D eigenvalue weighted by molar-refractivity contribution is -0.130. The molecule has 0 unspecified atom stereocenters. The molecule has 0 aromatic heterocycles. The summed E-state index contributed by atoms with van der Waals surface area (Å²) >= 11 is 0.